The molecule has 354 valence electrons. The molecule has 3 N–H and O–H groups in total. The fourth-order valence-corrected chi connectivity index (χ4v) is 9.61. The van der Waals surface area contributed by atoms with Crippen LogP contribution in [0.2, 0.25) is 25.7 Å². The number of methoxy groups -OCH3 is 2. The highest BCUT2D eigenvalue weighted by Crippen LogP contribution is 2.44. The number of esters is 2. The number of ether oxygens (including phenoxy) is 5. The molecule has 2 aliphatic rings. The summed E-state index contributed by atoms with van der Waals surface area (Å²) in [5.74, 6) is 0.604. The first kappa shape index (κ1) is 53.9. The van der Waals surface area contributed by atoms with Crippen molar-refractivity contribution in [3.8, 4) is 23.0 Å². The van der Waals surface area contributed by atoms with E-state index >= 15 is 0 Å². The molecular formula is C45H56N2O14P2S2Si+2. The van der Waals surface area contributed by atoms with E-state index in [9.17, 15) is 23.8 Å². The van der Waals surface area contributed by atoms with Crippen molar-refractivity contribution in [1.82, 2.24) is 9.97 Å². The molecule has 4 heterocycles. The van der Waals surface area contributed by atoms with Gasteiger partial charge in [0.05, 0.1) is 20.8 Å². The molecule has 2 aliphatic heterocycles. The smallest absolute Gasteiger partial charge is 0.507 e. The number of hydrogen-bond acceptors (Lipinski definition) is 16. The van der Waals surface area contributed by atoms with Crippen LogP contribution in [0, 0.1) is 13.8 Å². The Kier molecular flexibility index (Phi) is 21.3. The van der Waals surface area contributed by atoms with Crippen molar-refractivity contribution in [1.29, 1.82) is 0 Å². The van der Waals surface area contributed by atoms with Crippen molar-refractivity contribution < 1.29 is 66.3 Å². The van der Waals surface area contributed by atoms with Crippen molar-refractivity contribution in [3.05, 3.63) is 117 Å². The van der Waals surface area contributed by atoms with E-state index in [4.69, 9.17) is 38.0 Å². The number of benzene rings is 2. The van der Waals surface area contributed by atoms with Gasteiger partial charge in [-0.15, -0.1) is 18.8 Å². The first-order chi connectivity index (χ1) is 31.4. The van der Waals surface area contributed by atoms with E-state index in [1.165, 1.54) is 7.11 Å². The Balaban J connectivity index is 0.000000229. The van der Waals surface area contributed by atoms with Gasteiger partial charge in [-0.3, -0.25) is 0 Å². The third kappa shape index (κ3) is 15.7. The molecule has 16 nitrogen and oxygen atoms in total. The van der Waals surface area contributed by atoms with Gasteiger partial charge in [0, 0.05) is 51.9 Å². The fraction of sp³-hybridized carbons (Fsp3) is 0.378. The number of carbonyl (C=O) groups is 2. The van der Waals surface area contributed by atoms with E-state index in [0.717, 1.165) is 43.9 Å². The molecule has 0 saturated heterocycles. The molecule has 0 spiro atoms. The summed E-state index contributed by atoms with van der Waals surface area (Å²) in [7, 11) is -0.294. The van der Waals surface area contributed by atoms with Crippen LogP contribution in [0.25, 0.3) is 0 Å². The normalized spacial score (nSPS) is 13.6. The van der Waals surface area contributed by atoms with Crippen LogP contribution < -0.4 is 14.2 Å². The SMILES string of the molecule is COc1c(C)c2c(c(O)c1C/C=C(\C)CO[P+](=O)O)C(=O)OC2.COc1c(C)c2c(c(OCC[Si](C)(C)C)c1C/C=C(\C)CO[P+](=O)O)C(=O)OC2.c1ccc(SSc2ccccn2)nc1. The average Bonchev–Trinajstić information content (AvgIpc) is 3.88. The highest BCUT2D eigenvalue weighted by molar-refractivity contribution is 8.76. The van der Waals surface area contributed by atoms with Crippen LogP contribution in [0.15, 0.2) is 82.1 Å². The lowest BCUT2D eigenvalue weighted by Crippen LogP contribution is -2.23. The minimum absolute atomic E-state index is 0.000740. The first-order valence-corrected chi connectivity index (χ1v) is 28.6. The minimum atomic E-state index is -2.65. The van der Waals surface area contributed by atoms with Crippen LogP contribution in [0.1, 0.15) is 67.9 Å². The molecule has 2 atom stereocenters. The number of fused-ring (bicyclic) bond motifs is 2. The third-order valence-corrected chi connectivity index (χ3v) is 14.6. The largest absolute Gasteiger partial charge is 0.695 e. The van der Waals surface area contributed by atoms with Crippen LogP contribution in [0.5, 0.6) is 23.0 Å². The zero-order valence-corrected chi connectivity index (χ0v) is 42.8. The molecule has 0 radical (unpaired) electrons. The van der Waals surface area contributed by atoms with E-state index in [2.05, 4.69) is 34.1 Å². The minimum Gasteiger partial charge on any atom is -0.507 e. The maximum Gasteiger partial charge on any atom is 0.695 e. The van der Waals surface area contributed by atoms with Gasteiger partial charge >= 0.3 is 28.4 Å². The quantitative estimate of drug-likeness (QED) is 0.0261. The number of rotatable bonds is 19. The number of carbonyl (C=O) groups excluding carboxylic acids is 2. The molecule has 0 saturated carbocycles. The molecule has 2 aromatic heterocycles. The van der Waals surface area contributed by atoms with Crippen LogP contribution in [-0.4, -0.2) is 78.9 Å². The number of aromatic hydroxyl groups is 1. The summed E-state index contributed by atoms with van der Waals surface area (Å²) in [4.78, 5) is 50.1. The Morgan fingerprint density at radius 3 is 1.64 bits per heavy atom. The van der Waals surface area contributed by atoms with Gasteiger partial charge in [0.15, 0.2) is 0 Å². The predicted molar refractivity (Wildman–Crippen MR) is 256 cm³/mol. The summed E-state index contributed by atoms with van der Waals surface area (Å²) >= 11 is 0. The lowest BCUT2D eigenvalue weighted by atomic mass is 9.95. The topological polar surface area (TPSA) is 219 Å². The molecule has 2 aromatic carbocycles. The Labute approximate surface area is 395 Å². The summed E-state index contributed by atoms with van der Waals surface area (Å²) < 4.78 is 58.1. The van der Waals surface area contributed by atoms with Gasteiger partial charge in [0.25, 0.3) is 0 Å². The molecule has 6 rings (SSSR count). The standard InChI is InChI=1S/C20H29O7PSi.C15H17O7P.C10H8N2S2/c1-13(11-27-28(22)23)7-8-15-18(24-3)14(2)16-12-26-20(21)17(16)19(15)25-9-10-29(4,5)6;1-8(6-22-23(18)19)4-5-10-13(16)12-11(7-21-15(12)17)9(2)14(10)20-3;1-3-7-11-9(5-1)13-14-10-6-2-4-8-12-10/h7H,8-12H2,1-6H3;4H,5-7H2,1-3H3,(H-,16,17,18,19);1-8H/p+2/b13-7+;8-4+;. The molecule has 0 bridgehead atoms. The second-order valence-electron chi connectivity index (χ2n) is 16.0. The zero-order valence-electron chi connectivity index (χ0n) is 38.4. The van der Waals surface area contributed by atoms with E-state index in [0.29, 0.717) is 52.5 Å². The summed E-state index contributed by atoms with van der Waals surface area (Å²) in [5.41, 5.74) is 6.45. The second-order valence-corrected chi connectivity index (χ2v) is 25.3. The molecule has 0 aliphatic carbocycles. The Bertz CT molecular complexity index is 2400. The summed E-state index contributed by atoms with van der Waals surface area (Å²) in [6.07, 6.45) is 7.93. The van der Waals surface area contributed by atoms with Gasteiger partial charge in [-0.25, -0.2) is 19.6 Å². The lowest BCUT2D eigenvalue weighted by molar-refractivity contribution is 0.0523. The monoisotopic (exact) mass is 1000 g/mol. The van der Waals surface area contributed by atoms with Crippen molar-refractivity contribution in [3.63, 3.8) is 0 Å². The third-order valence-electron chi connectivity index (χ3n) is 9.97. The van der Waals surface area contributed by atoms with E-state index in [1.54, 1.807) is 61.0 Å². The van der Waals surface area contributed by atoms with E-state index in [-0.39, 0.29) is 50.1 Å². The van der Waals surface area contributed by atoms with Crippen LogP contribution in [0.4, 0.5) is 0 Å². The van der Waals surface area contributed by atoms with Gasteiger partial charge in [-0.05, 0) is 115 Å². The van der Waals surface area contributed by atoms with Crippen molar-refractivity contribution in [2.24, 2.45) is 0 Å². The lowest BCUT2D eigenvalue weighted by Gasteiger charge is -2.21. The molecule has 21 heteroatoms. The number of hydrogen-bond donors (Lipinski definition) is 3. The van der Waals surface area contributed by atoms with Crippen molar-refractivity contribution >= 4 is 58.1 Å². The van der Waals surface area contributed by atoms with Gasteiger partial charge in [0.2, 0.25) is 0 Å². The highest BCUT2D eigenvalue weighted by atomic mass is 33.1. The molecule has 66 heavy (non-hydrogen) atoms. The maximum atomic E-state index is 12.4. The zero-order chi connectivity index (χ0) is 48.6. The highest BCUT2D eigenvalue weighted by Gasteiger charge is 2.34. The number of cyclic esters (lactones) is 2. The van der Waals surface area contributed by atoms with Gasteiger partial charge in [-0.2, -0.15) is 0 Å². The molecular weight excluding hydrogens is 947 g/mol. The molecule has 0 fully saturated rings. The average molecular weight is 1000 g/mol. The number of phenols is 1. The maximum absolute atomic E-state index is 12.4. The van der Waals surface area contributed by atoms with Crippen LogP contribution >= 0.6 is 38.1 Å². The van der Waals surface area contributed by atoms with Gasteiger partial charge in [-0.1, -0.05) is 43.9 Å². The number of pyridine rings is 2. The van der Waals surface area contributed by atoms with Crippen LogP contribution in [0.3, 0.4) is 0 Å². The summed E-state index contributed by atoms with van der Waals surface area (Å²) in [6, 6.07) is 12.7. The molecule has 0 amide bonds. The number of aromatic nitrogens is 2. The van der Waals surface area contributed by atoms with Crippen molar-refractivity contribution in [2.45, 2.75) is 89.5 Å². The summed E-state index contributed by atoms with van der Waals surface area (Å²) in [5, 5.41) is 12.4. The number of nitrogens with zero attached hydrogens (tertiary/aromatic N) is 2. The van der Waals surface area contributed by atoms with Gasteiger partial charge in [0.1, 0.15) is 70.6 Å². The Morgan fingerprint density at radius 2 is 1.20 bits per heavy atom. The Hall–Kier alpha value is -4.68. The first-order valence-electron chi connectivity index (χ1n) is 20.5. The molecule has 4 aromatic rings. The van der Waals surface area contributed by atoms with E-state index < -0.39 is 30.6 Å². The predicted octanol–water partition coefficient (Wildman–Crippen LogP) is 10.4. The number of allylic oxidation sites excluding steroid dienone is 2. The van der Waals surface area contributed by atoms with Gasteiger partial charge < -0.3 is 28.8 Å². The fourth-order valence-electron chi connectivity index (χ4n) is 6.52. The molecule has 2 unspecified atom stereocenters. The second kappa shape index (κ2) is 26.0. The van der Waals surface area contributed by atoms with E-state index in [1.807, 2.05) is 56.3 Å². The summed E-state index contributed by atoms with van der Waals surface area (Å²) in [6.45, 7) is 15.0. The van der Waals surface area contributed by atoms with Crippen molar-refractivity contribution in [2.75, 3.05) is 34.0 Å². The van der Waals surface area contributed by atoms with Crippen LogP contribution in [-0.2, 0) is 53.7 Å². The Morgan fingerprint density at radius 1 is 0.742 bits per heavy atom. The number of phenolic OH excluding ortho intramolecular Hbond substituents is 1.